The third-order valence-corrected chi connectivity index (χ3v) is 2.79. The molecule has 0 aliphatic rings. The van der Waals surface area contributed by atoms with Crippen LogP contribution in [0.25, 0.3) is 0 Å². The van der Waals surface area contributed by atoms with E-state index in [0.29, 0.717) is 0 Å². The van der Waals surface area contributed by atoms with E-state index in [-0.39, 0.29) is 5.91 Å². The quantitative estimate of drug-likeness (QED) is 0.820. The molecule has 1 aromatic carbocycles. The molecular weight excluding hydrogens is 212 g/mol. The Morgan fingerprint density at radius 2 is 1.71 bits per heavy atom. The fraction of sp³-hybridized carbons (Fsp3) is 0.500. The monoisotopic (exact) mass is 234 g/mol. The van der Waals surface area contributed by atoms with Gasteiger partial charge in [0.1, 0.15) is 0 Å². The van der Waals surface area contributed by atoms with E-state index in [1.807, 2.05) is 31.2 Å². The Balaban J connectivity index is 2.70. The third-order valence-electron chi connectivity index (χ3n) is 2.79. The first-order valence-corrected chi connectivity index (χ1v) is 6.36. The zero-order valence-corrected chi connectivity index (χ0v) is 11.0. The maximum atomic E-state index is 11.7. The summed E-state index contributed by atoms with van der Waals surface area (Å²) in [4.78, 5) is 14.0. The van der Waals surface area contributed by atoms with Gasteiger partial charge in [0, 0.05) is 30.9 Å². The highest BCUT2D eigenvalue weighted by molar-refractivity contribution is 5.94. The number of rotatable bonds is 6. The first-order valence-electron chi connectivity index (χ1n) is 6.36. The lowest BCUT2D eigenvalue weighted by molar-refractivity contribution is 0.0953. The molecule has 0 fully saturated rings. The number of amides is 1. The van der Waals surface area contributed by atoms with Gasteiger partial charge in [-0.2, -0.15) is 0 Å². The SMILES string of the molecule is CCCNC(=O)c1ccc(N(CC)CC)cc1. The summed E-state index contributed by atoms with van der Waals surface area (Å²) < 4.78 is 0. The van der Waals surface area contributed by atoms with Gasteiger partial charge in [0.15, 0.2) is 0 Å². The number of nitrogens with one attached hydrogen (secondary N) is 1. The molecule has 0 heterocycles. The van der Waals surface area contributed by atoms with Crippen molar-refractivity contribution in [1.29, 1.82) is 0 Å². The molecule has 3 nitrogen and oxygen atoms in total. The zero-order valence-electron chi connectivity index (χ0n) is 11.0. The second kappa shape index (κ2) is 6.94. The van der Waals surface area contributed by atoms with E-state index in [4.69, 9.17) is 0 Å². The topological polar surface area (TPSA) is 32.3 Å². The third kappa shape index (κ3) is 3.77. The van der Waals surface area contributed by atoms with Crippen LogP contribution >= 0.6 is 0 Å². The van der Waals surface area contributed by atoms with Crippen molar-refractivity contribution in [3.8, 4) is 0 Å². The number of benzene rings is 1. The fourth-order valence-corrected chi connectivity index (χ4v) is 1.75. The maximum absolute atomic E-state index is 11.7. The van der Waals surface area contributed by atoms with E-state index in [2.05, 4.69) is 24.1 Å². The molecule has 0 aliphatic carbocycles. The number of nitrogens with zero attached hydrogens (tertiary/aromatic N) is 1. The highest BCUT2D eigenvalue weighted by Crippen LogP contribution is 2.14. The zero-order chi connectivity index (χ0) is 12.7. The lowest BCUT2D eigenvalue weighted by Crippen LogP contribution is -2.24. The number of hydrogen-bond donors (Lipinski definition) is 1. The first-order chi connectivity index (χ1) is 8.22. The minimum absolute atomic E-state index is 0.0120. The summed E-state index contributed by atoms with van der Waals surface area (Å²) in [6.45, 7) is 9.01. The lowest BCUT2D eigenvalue weighted by atomic mass is 10.2. The Morgan fingerprint density at radius 1 is 1.12 bits per heavy atom. The normalized spacial score (nSPS) is 10.1. The number of carbonyl (C=O) groups is 1. The van der Waals surface area contributed by atoms with E-state index < -0.39 is 0 Å². The van der Waals surface area contributed by atoms with Gasteiger partial charge in [-0.3, -0.25) is 4.79 Å². The predicted octanol–water partition coefficient (Wildman–Crippen LogP) is 2.67. The molecule has 1 N–H and O–H groups in total. The van der Waals surface area contributed by atoms with Gasteiger partial charge < -0.3 is 10.2 Å². The molecule has 3 heteroatoms. The summed E-state index contributed by atoms with van der Waals surface area (Å²) in [5.74, 6) is 0.0120. The van der Waals surface area contributed by atoms with Crippen LogP contribution in [-0.2, 0) is 0 Å². The molecule has 0 unspecified atom stereocenters. The largest absolute Gasteiger partial charge is 0.372 e. The van der Waals surface area contributed by atoms with Crippen LogP contribution in [-0.4, -0.2) is 25.5 Å². The lowest BCUT2D eigenvalue weighted by Gasteiger charge is -2.21. The molecule has 0 aliphatic heterocycles. The van der Waals surface area contributed by atoms with Crippen molar-refractivity contribution in [2.24, 2.45) is 0 Å². The summed E-state index contributed by atoms with van der Waals surface area (Å²) in [6, 6.07) is 7.79. The second-order valence-electron chi connectivity index (χ2n) is 3.98. The molecule has 1 rings (SSSR count). The van der Waals surface area contributed by atoms with Crippen molar-refractivity contribution in [2.75, 3.05) is 24.5 Å². The Hall–Kier alpha value is -1.51. The van der Waals surface area contributed by atoms with E-state index in [1.54, 1.807) is 0 Å². The minimum Gasteiger partial charge on any atom is -0.372 e. The van der Waals surface area contributed by atoms with Crippen LogP contribution in [0.1, 0.15) is 37.6 Å². The van der Waals surface area contributed by atoms with E-state index >= 15 is 0 Å². The number of anilines is 1. The van der Waals surface area contributed by atoms with Gasteiger partial charge in [0.2, 0.25) is 0 Å². The molecule has 1 aromatic rings. The molecule has 0 saturated heterocycles. The van der Waals surface area contributed by atoms with Gasteiger partial charge in [-0.1, -0.05) is 6.92 Å². The molecule has 0 bridgehead atoms. The van der Waals surface area contributed by atoms with Crippen LogP contribution in [0.15, 0.2) is 24.3 Å². The van der Waals surface area contributed by atoms with Crippen molar-refractivity contribution in [1.82, 2.24) is 5.32 Å². The number of hydrogen-bond acceptors (Lipinski definition) is 2. The van der Waals surface area contributed by atoms with Crippen molar-refractivity contribution < 1.29 is 4.79 Å². The van der Waals surface area contributed by atoms with Crippen LogP contribution < -0.4 is 10.2 Å². The average Bonchev–Trinajstić information content (AvgIpc) is 2.38. The van der Waals surface area contributed by atoms with Crippen LogP contribution in [0, 0.1) is 0 Å². The summed E-state index contributed by atoms with van der Waals surface area (Å²) in [5.41, 5.74) is 1.90. The molecule has 0 saturated carbocycles. The van der Waals surface area contributed by atoms with Crippen LogP contribution in [0.4, 0.5) is 5.69 Å². The average molecular weight is 234 g/mol. The Morgan fingerprint density at radius 3 is 2.18 bits per heavy atom. The van der Waals surface area contributed by atoms with Crippen molar-refractivity contribution in [2.45, 2.75) is 27.2 Å². The number of carbonyl (C=O) groups excluding carboxylic acids is 1. The molecule has 0 spiro atoms. The van der Waals surface area contributed by atoms with Crippen molar-refractivity contribution in [3.05, 3.63) is 29.8 Å². The summed E-state index contributed by atoms with van der Waals surface area (Å²) >= 11 is 0. The highest BCUT2D eigenvalue weighted by atomic mass is 16.1. The van der Waals surface area contributed by atoms with Gasteiger partial charge in [-0.25, -0.2) is 0 Å². The van der Waals surface area contributed by atoms with Gasteiger partial charge >= 0.3 is 0 Å². The minimum atomic E-state index is 0.0120. The predicted molar refractivity (Wildman–Crippen MR) is 72.6 cm³/mol. The molecule has 94 valence electrons. The van der Waals surface area contributed by atoms with Crippen LogP contribution in [0.2, 0.25) is 0 Å². The Bertz CT molecular complexity index is 342. The van der Waals surface area contributed by atoms with Crippen LogP contribution in [0.3, 0.4) is 0 Å². The smallest absolute Gasteiger partial charge is 0.251 e. The van der Waals surface area contributed by atoms with Gasteiger partial charge in [-0.05, 0) is 44.5 Å². The Kier molecular flexibility index (Phi) is 5.53. The van der Waals surface area contributed by atoms with E-state index in [9.17, 15) is 4.79 Å². The summed E-state index contributed by atoms with van der Waals surface area (Å²) in [6.07, 6.45) is 0.962. The maximum Gasteiger partial charge on any atom is 0.251 e. The van der Waals surface area contributed by atoms with Crippen molar-refractivity contribution >= 4 is 11.6 Å². The molecule has 0 atom stereocenters. The highest BCUT2D eigenvalue weighted by Gasteiger charge is 2.06. The molecule has 0 aromatic heterocycles. The fourth-order valence-electron chi connectivity index (χ4n) is 1.75. The molecule has 0 radical (unpaired) electrons. The molecular formula is C14H22N2O. The van der Waals surface area contributed by atoms with Crippen molar-refractivity contribution in [3.63, 3.8) is 0 Å². The second-order valence-corrected chi connectivity index (χ2v) is 3.98. The summed E-state index contributed by atoms with van der Waals surface area (Å²) in [7, 11) is 0. The molecule has 17 heavy (non-hydrogen) atoms. The van der Waals surface area contributed by atoms with Crippen LogP contribution in [0.5, 0.6) is 0 Å². The molecule has 1 amide bonds. The van der Waals surface area contributed by atoms with Gasteiger partial charge in [0.25, 0.3) is 5.91 Å². The first kappa shape index (κ1) is 13.6. The van der Waals surface area contributed by atoms with Gasteiger partial charge in [-0.15, -0.1) is 0 Å². The standard InChI is InChI=1S/C14H22N2O/c1-4-11-15-14(17)12-7-9-13(10-8-12)16(5-2)6-3/h7-10H,4-6,11H2,1-3H3,(H,15,17). The van der Waals surface area contributed by atoms with E-state index in [0.717, 1.165) is 31.6 Å². The van der Waals surface area contributed by atoms with E-state index in [1.165, 1.54) is 5.69 Å². The van der Waals surface area contributed by atoms with Gasteiger partial charge in [0.05, 0.1) is 0 Å². The Labute approximate surface area is 104 Å². The summed E-state index contributed by atoms with van der Waals surface area (Å²) in [5, 5.41) is 2.87.